The summed E-state index contributed by atoms with van der Waals surface area (Å²) in [5.41, 5.74) is 1.48. The first kappa shape index (κ1) is 120. The maximum atomic E-state index is 14.5. The SMILES string of the molecule is CCNC(=O)CCC(=O)CC(CCC(=O)O)C(=O)CC(CCC(=O)O)C(=O)NC(CCC(=O)O)C(=O)CC(CCC(=O)O)C(=O)NC(CCC(=O)O)C(=O)CC(CCC(=O)O)C(=O)NCC(=O)O.CCOCCOCCNC(=O)/C=C/C[C@@H]1/C=C(\C)C[C@H](C)C[C@H](OC)[C@H]2O[C@@](O)(C(=O)C(=O)N3CCCC[C@H]3C(=O)O[C@H](/C(C)=C/[C@@H]3CC[C@@H](O)[C@H](OC)C3)[C@H](C)[C@@H](O)CC1=O)[C@H](C)C[C@@H]2OC. The zero-order valence-corrected chi connectivity index (χ0v) is 79.4. The second-order valence-electron chi connectivity index (χ2n) is 35.3. The van der Waals surface area contributed by atoms with Crippen LogP contribution in [0, 0.1) is 53.3 Å². The minimum absolute atomic E-state index is 0.0549. The molecule has 4 aliphatic rings. The van der Waals surface area contributed by atoms with Crippen LogP contribution in [0.2, 0.25) is 0 Å². The highest BCUT2D eigenvalue weighted by atomic mass is 16.7. The highest BCUT2D eigenvalue weighted by Crippen LogP contribution is 2.40. The second-order valence-corrected chi connectivity index (χ2v) is 35.3. The zero-order chi connectivity index (χ0) is 102. The van der Waals surface area contributed by atoms with Crippen molar-refractivity contribution in [2.75, 3.05) is 73.9 Å². The van der Waals surface area contributed by atoms with Crippen LogP contribution >= 0.6 is 0 Å². The Labute approximate surface area is 790 Å². The Bertz CT molecular complexity index is 4150. The number of carbonyl (C=O) groups excluding carboxylic acids is 13. The predicted octanol–water partition coefficient (Wildman–Crippen LogP) is 3.74. The number of carboxylic acids is 7. The number of hydrogen-bond acceptors (Lipinski definition) is 30. The van der Waals surface area contributed by atoms with E-state index in [9.17, 15) is 137 Å². The number of rotatable bonds is 55. The fourth-order valence-corrected chi connectivity index (χ4v) is 16.9. The van der Waals surface area contributed by atoms with Crippen molar-refractivity contribution in [2.24, 2.45) is 53.3 Å². The van der Waals surface area contributed by atoms with Gasteiger partial charge >= 0.3 is 47.8 Å². The van der Waals surface area contributed by atoms with Crippen LogP contribution in [0.1, 0.15) is 235 Å². The Kier molecular flexibility index (Phi) is 54.8. The summed E-state index contributed by atoms with van der Waals surface area (Å²) < 4.78 is 40.7. The number of cyclic esters (lactones) is 1. The van der Waals surface area contributed by atoms with Gasteiger partial charge in [0.15, 0.2) is 11.6 Å². The molecular formula is C93H142N6O37. The van der Waals surface area contributed by atoms with Gasteiger partial charge in [-0.2, -0.15) is 0 Å². The number of carbonyl (C=O) groups is 20. The molecule has 766 valence electrons. The number of carboxylic acid groups (broad SMARTS) is 7. The summed E-state index contributed by atoms with van der Waals surface area (Å²) in [6.45, 7) is 14.1. The summed E-state index contributed by atoms with van der Waals surface area (Å²) in [4.78, 5) is 257. The third-order valence-corrected chi connectivity index (χ3v) is 24.6. The maximum absolute atomic E-state index is 14.5. The van der Waals surface area contributed by atoms with Crippen molar-refractivity contribution in [2.45, 2.75) is 301 Å². The van der Waals surface area contributed by atoms with Gasteiger partial charge in [-0.25, -0.2) is 4.79 Å². The molecule has 43 nitrogen and oxygen atoms in total. The normalized spacial score (nSPS) is 24.9. The summed E-state index contributed by atoms with van der Waals surface area (Å²) in [7, 11) is 4.56. The molecule has 1 aliphatic carbocycles. The van der Waals surface area contributed by atoms with Crippen LogP contribution < -0.4 is 26.6 Å². The van der Waals surface area contributed by atoms with E-state index in [0.717, 1.165) is 10.5 Å². The Morgan fingerprint density at radius 2 is 1.07 bits per heavy atom. The maximum Gasteiger partial charge on any atom is 0.329 e. The van der Waals surface area contributed by atoms with Crippen LogP contribution in [0.25, 0.3) is 0 Å². The second kappa shape index (κ2) is 62.3. The van der Waals surface area contributed by atoms with Gasteiger partial charge in [0.25, 0.3) is 11.7 Å². The van der Waals surface area contributed by atoms with E-state index < -0.39 is 317 Å². The van der Waals surface area contributed by atoms with Crippen molar-refractivity contribution in [3.8, 4) is 0 Å². The highest BCUT2D eigenvalue weighted by molar-refractivity contribution is 6.39. The molecule has 6 amide bonds. The lowest BCUT2D eigenvalue weighted by Gasteiger charge is -2.47. The van der Waals surface area contributed by atoms with Crippen molar-refractivity contribution in [1.29, 1.82) is 0 Å². The third kappa shape index (κ3) is 43.4. The van der Waals surface area contributed by atoms with E-state index in [0.29, 0.717) is 76.9 Å². The first-order valence-corrected chi connectivity index (χ1v) is 46.3. The zero-order valence-electron chi connectivity index (χ0n) is 79.4. The van der Waals surface area contributed by atoms with E-state index in [1.54, 1.807) is 40.9 Å². The fourth-order valence-electron chi connectivity index (χ4n) is 16.9. The van der Waals surface area contributed by atoms with Crippen molar-refractivity contribution < 1.29 is 180 Å². The average molecular weight is 1940 g/mol. The first-order valence-electron chi connectivity index (χ1n) is 46.3. The standard InChI is InChI=1S/C51H82N2O15.C42H60N4O22/c1-10-65-22-23-66-21-19-52-45(57)16-13-14-37-25-31(2)24-32(3)26-43(63-8)47-44(64-9)28-34(5)51(61,68-47)48(58)49(59)53-20-12-11-15-38(53)50(60)67-46(35(6)40(55)30-41(37)56)33(4)27-36-17-18-39(54)42(29-36)62-7;1-2-43-32(51)10-7-26(47)17-22(3-11-33(52)53)29(48)18-24(5-13-35(56)57)41(67)45-28(9-16-38(62)63)31(50)20-25(6-14-36(58)59)42(68)46-27(8-15-37(60)61)30(49)19-23(4-12-34(54)55)40(66)44-21-39(64)65/h13,16,25,27,32,34-40,42-44,46-47,54-55,61H,10-12,14-15,17-24,26,28-30H2,1-9H3,(H,52,57);22-25,27-28H,2-21H2,1H3,(H,43,51)(H,44,66)(H,45,67)(H,46,68)(H,52,53)(H,54,55)(H,56,57)(H,58,59)(H,60,61)(H,62,63)(H,64,65)/b16-13+,31-25+,33-27+;/t32-,34+,35+,36-,37+,38-,39+,40-,42+,43-,44-,46+,47+,51+;/m0./s1. The van der Waals surface area contributed by atoms with Gasteiger partial charge in [-0.05, 0) is 154 Å². The molecule has 0 spiro atoms. The number of esters is 1. The lowest BCUT2D eigenvalue weighted by molar-refractivity contribution is -0.302. The Hall–Kier alpha value is -10.5. The molecule has 43 heteroatoms. The van der Waals surface area contributed by atoms with E-state index in [1.807, 2.05) is 38.2 Å². The summed E-state index contributed by atoms with van der Waals surface area (Å²) in [6.07, 6.45) is -6.35. The Morgan fingerprint density at radius 3 is 1.60 bits per heavy atom. The van der Waals surface area contributed by atoms with Gasteiger partial charge in [0, 0.05) is 172 Å². The number of Topliss-reactive ketones (excluding diaryl/α,β-unsaturated/α-hetero) is 6. The van der Waals surface area contributed by atoms with Crippen LogP contribution in [0.3, 0.4) is 0 Å². The van der Waals surface area contributed by atoms with Crippen molar-refractivity contribution >= 4 is 118 Å². The van der Waals surface area contributed by atoms with E-state index in [4.69, 9.17) is 43.4 Å². The van der Waals surface area contributed by atoms with Gasteiger partial charge in [0.05, 0.1) is 62.4 Å². The van der Waals surface area contributed by atoms with Crippen molar-refractivity contribution in [3.05, 3.63) is 35.5 Å². The molecule has 0 aromatic carbocycles. The monoisotopic (exact) mass is 1930 g/mol. The Balaban J connectivity index is 0.000000700. The molecule has 3 fully saturated rings. The molecule has 0 aromatic rings. The van der Waals surface area contributed by atoms with Gasteiger partial charge in [-0.3, -0.25) is 91.1 Å². The number of methoxy groups -OCH3 is 3. The number of nitrogens with zero attached hydrogens (tertiary/aromatic N) is 1. The summed E-state index contributed by atoms with van der Waals surface area (Å²) >= 11 is 0. The number of amides is 6. The number of piperidine rings is 1. The quantitative estimate of drug-likeness (QED) is 0.0136. The molecule has 3 aliphatic heterocycles. The van der Waals surface area contributed by atoms with E-state index >= 15 is 0 Å². The van der Waals surface area contributed by atoms with Crippen LogP contribution in [-0.4, -0.2) is 314 Å². The summed E-state index contributed by atoms with van der Waals surface area (Å²) in [5, 5.41) is 111. The molecule has 2 bridgehead atoms. The number of aliphatic hydroxyl groups excluding tert-OH is 2. The number of ether oxygens (including phenoxy) is 7. The molecule has 136 heavy (non-hydrogen) atoms. The van der Waals surface area contributed by atoms with Gasteiger partial charge in [-0.15, -0.1) is 0 Å². The Morgan fingerprint density at radius 1 is 0.559 bits per heavy atom. The number of allylic oxidation sites excluding steroid dienone is 4. The minimum atomic E-state index is -2.55. The van der Waals surface area contributed by atoms with Gasteiger partial charge in [-0.1, -0.05) is 44.6 Å². The lowest BCUT2D eigenvalue weighted by Crippen LogP contribution is -2.64. The average Bonchev–Trinajstić information content (AvgIpc) is 0.779. The summed E-state index contributed by atoms with van der Waals surface area (Å²) in [6, 6.07) is -4.75. The summed E-state index contributed by atoms with van der Waals surface area (Å²) in [5.74, 6) is -32.4. The molecule has 4 rings (SSSR count). The van der Waals surface area contributed by atoms with Crippen LogP contribution in [0.15, 0.2) is 35.5 Å². The molecule has 6 unspecified atom stereocenters. The highest BCUT2D eigenvalue weighted by Gasteiger charge is 2.57. The van der Waals surface area contributed by atoms with Crippen LogP contribution in [-0.2, 0) is 129 Å². The van der Waals surface area contributed by atoms with Gasteiger partial charge < -0.3 is 116 Å². The fraction of sp³-hybridized carbons (Fsp3) is 0.720. The number of aliphatic hydroxyl groups is 3. The number of hydrogen-bond donors (Lipinski definition) is 15. The number of nitrogens with one attached hydrogen (secondary N) is 5. The van der Waals surface area contributed by atoms with Gasteiger partial charge in [0.1, 0.15) is 42.1 Å². The van der Waals surface area contributed by atoms with Gasteiger partial charge in [0.2, 0.25) is 35.3 Å². The van der Waals surface area contributed by atoms with E-state index in [2.05, 4.69) is 21.3 Å². The molecule has 0 radical (unpaired) electrons. The number of ketones is 6. The van der Waals surface area contributed by atoms with Crippen LogP contribution in [0.4, 0.5) is 0 Å². The van der Waals surface area contributed by atoms with E-state index in [1.165, 1.54) is 20.3 Å². The predicted molar refractivity (Wildman–Crippen MR) is 478 cm³/mol. The number of fused-ring (bicyclic) bond motifs is 3. The molecule has 20 atom stereocenters. The lowest BCUT2D eigenvalue weighted by atomic mass is 9.81. The first-order chi connectivity index (χ1) is 64.1. The van der Waals surface area contributed by atoms with Crippen molar-refractivity contribution in [1.82, 2.24) is 31.5 Å². The molecule has 3 heterocycles. The molecule has 1 saturated carbocycles. The topological polar surface area (TPSA) is 672 Å². The molecule has 15 N–H and O–H groups in total. The molecule has 0 aromatic heterocycles. The molecular weight excluding hydrogens is 1790 g/mol. The molecule has 2 saturated heterocycles. The smallest absolute Gasteiger partial charge is 0.329 e. The largest absolute Gasteiger partial charge is 0.481 e. The minimum Gasteiger partial charge on any atom is -0.481 e. The van der Waals surface area contributed by atoms with Crippen LogP contribution in [0.5, 0.6) is 0 Å². The third-order valence-electron chi connectivity index (χ3n) is 24.6. The van der Waals surface area contributed by atoms with Crippen molar-refractivity contribution in [3.63, 3.8) is 0 Å². The number of aliphatic carboxylic acids is 7. The van der Waals surface area contributed by atoms with E-state index in [-0.39, 0.29) is 88.1 Å².